The minimum absolute atomic E-state index is 0.0121. The van der Waals surface area contributed by atoms with Gasteiger partial charge in [-0.25, -0.2) is 14.4 Å². The number of ether oxygens (including phenoxy) is 5. The van der Waals surface area contributed by atoms with Crippen molar-refractivity contribution in [3.8, 4) is 5.75 Å². The third-order valence-electron chi connectivity index (χ3n) is 8.48. The predicted molar refractivity (Wildman–Crippen MR) is 213 cm³/mol. The molecule has 7 N–H and O–H groups in total. The van der Waals surface area contributed by atoms with E-state index in [4.69, 9.17) is 33.9 Å². The molecule has 0 aliphatic carbocycles. The van der Waals surface area contributed by atoms with Crippen LogP contribution in [0.5, 0.6) is 5.75 Å². The Balaban J connectivity index is 1.97. The third kappa shape index (κ3) is 29.1. The zero-order valence-electron chi connectivity index (χ0n) is 34.4. The first kappa shape index (κ1) is 52.8. The lowest BCUT2D eigenvalue weighted by Gasteiger charge is -2.14. The van der Waals surface area contributed by atoms with Crippen molar-refractivity contribution in [2.24, 2.45) is 0 Å². The molecule has 0 fully saturated rings. The number of unbranched alkanes of at least 4 members (excludes halogenated alkanes) is 6. The van der Waals surface area contributed by atoms with Crippen LogP contribution < -0.4 is 26.0 Å². The molecule has 60 heavy (non-hydrogen) atoms. The van der Waals surface area contributed by atoms with Gasteiger partial charge in [0.05, 0.1) is 51.8 Å². The van der Waals surface area contributed by atoms with Crippen LogP contribution in [0, 0.1) is 0 Å². The first-order chi connectivity index (χ1) is 28.8. The fourth-order valence-corrected chi connectivity index (χ4v) is 5.23. The standard InChI is InChI=1S/C40H62N4O16/c1-29(45)10-15-32(39(52)53)44-37(49)28-59-26-24-57-22-19-42-36(48)27-58-25-23-56-21-18-41-34(46)17-16-33(40(54)55)43-35(47)9-7-5-3-2-4-6-8-20-60-31-13-11-30(12-14-31)38(50)51/h11-14,32-33H,2-10,15-28H2,1H3,(H,41,46)(H,42,48)(H,43,47)(H,44,49)(H,50,51)(H,52,53)(H,54,55). The molecule has 2 atom stereocenters. The summed E-state index contributed by atoms with van der Waals surface area (Å²) in [6.45, 7) is 2.49. The van der Waals surface area contributed by atoms with Gasteiger partial charge < -0.3 is 65.1 Å². The number of benzene rings is 1. The van der Waals surface area contributed by atoms with Gasteiger partial charge in [0.15, 0.2) is 0 Å². The fraction of sp³-hybridized carbons (Fsp3) is 0.650. The largest absolute Gasteiger partial charge is 0.494 e. The Kier molecular flexibility index (Phi) is 29.6. The number of aromatic carboxylic acids is 1. The summed E-state index contributed by atoms with van der Waals surface area (Å²) in [5.74, 6) is -4.77. The van der Waals surface area contributed by atoms with Crippen LogP contribution in [-0.4, -0.2) is 147 Å². The van der Waals surface area contributed by atoms with Crippen molar-refractivity contribution in [3.63, 3.8) is 0 Å². The Hall–Kier alpha value is -5.18. The summed E-state index contributed by atoms with van der Waals surface area (Å²) in [5.41, 5.74) is 0.209. The Morgan fingerprint density at radius 3 is 1.55 bits per heavy atom. The number of aliphatic carboxylic acids is 2. The molecule has 2 unspecified atom stereocenters. The molecule has 1 rings (SSSR count). The summed E-state index contributed by atoms with van der Waals surface area (Å²) in [6, 6.07) is 3.91. The van der Waals surface area contributed by atoms with Gasteiger partial charge in [-0.15, -0.1) is 0 Å². The zero-order chi connectivity index (χ0) is 44.4. The van der Waals surface area contributed by atoms with Crippen LogP contribution in [0.25, 0.3) is 0 Å². The second kappa shape index (κ2) is 33.6. The summed E-state index contributed by atoms with van der Waals surface area (Å²) in [6.07, 6.45) is 6.31. The second-order valence-corrected chi connectivity index (χ2v) is 13.6. The molecular formula is C40H62N4O16. The molecule has 0 bridgehead atoms. The van der Waals surface area contributed by atoms with Crippen LogP contribution in [0.2, 0.25) is 0 Å². The van der Waals surface area contributed by atoms with Crippen LogP contribution in [0.4, 0.5) is 0 Å². The Labute approximate surface area is 349 Å². The zero-order valence-corrected chi connectivity index (χ0v) is 34.4. The van der Waals surface area contributed by atoms with Crippen molar-refractivity contribution in [1.29, 1.82) is 0 Å². The van der Waals surface area contributed by atoms with Crippen molar-refractivity contribution in [2.45, 2.75) is 96.1 Å². The molecule has 20 heteroatoms. The highest BCUT2D eigenvalue weighted by atomic mass is 16.5. The van der Waals surface area contributed by atoms with Gasteiger partial charge in [0.2, 0.25) is 23.6 Å². The Bertz CT molecular complexity index is 1460. The van der Waals surface area contributed by atoms with Crippen molar-refractivity contribution < 1.29 is 77.4 Å². The maximum Gasteiger partial charge on any atom is 0.335 e. The normalized spacial score (nSPS) is 11.8. The van der Waals surface area contributed by atoms with Crippen molar-refractivity contribution >= 4 is 47.3 Å². The highest BCUT2D eigenvalue weighted by Crippen LogP contribution is 2.14. The van der Waals surface area contributed by atoms with E-state index >= 15 is 0 Å². The number of nitrogens with one attached hydrogen (secondary N) is 4. The highest BCUT2D eigenvalue weighted by Gasteiger charge is 2.21. The van der Waals surface area contributed by atoms with E-state index in [1.54, 1.807) is 12.1 Å². The van der Waals surface area contributed by atoms with Crippen LogP contribution in [-0.2, 0) is 52.5 Å². The topological polar surface area (TPSA) is 292 Å². The lowest BCUT2D eigenvalue weighted by atomic mass is 10.1. The number of ketones is 1. The Morgan fingerprint density at radius 1 is 0.517 bits per heavy atom. The van der Waals surface area contributed by atoms with Gasteiger partial charge in [-0.1, -0.05) is 32.1 Å². The van der Waals surface area contributed by atoms with E-state index in [0.717, 1.165) is 38.5 Å². The molecule has 338 valence electrons. The summed E-state index contributed by atoms with van der Waals surface area (Å²) in [5, 5.41) is 37.6. The molecule has 0 radical (unpaired) electrons. The maximum absolute atomic E-state index is 12.3. The third-order valence-corrected chi connectivity index (χ3v) is 8.48. The van der Waals surface area contributed by atoms with Crippen molar-refractivity contribution in [3.05, 3.63) is 29.8 Å². The van der Waals surface area contributed by atoms with Gasteiger partial charge in [-0.2, -0.15) is 0 Å². The van der Waals surface area contributed by atoms with E-state index < -0.39 is 35.9 Å². The van der Waals surface area contributed by atoms with Crippen LogP contribution in [0.15, 0.2) is 24.3 Å². The lowest BCUT2D eigenvalue weighted by Crippen LogP contribution is -2.42. The monoisotopic (exact) mass is 854 g/mol. The molecule has 1 aromatic carbocycles. The average Bonchev–Trinajstić information content (AvgIpc) is 3.20. The van der Waals surface area contributed by atoms with Gasteiger partial charge in [-0.3, -0.25) is 19.2 Å². The summed E-state index contributed by atoms with van der Waals surface area (Å²) in [7, 11) is 0. The minimum Gasteiger partial charge on any atom is -0.494 e. The van der Waals surface area contributed by atoms with E-state index in [1.807, 2.05) is 0 Å². The summed E-state index contributed by atoms with van der Waals surface area (Å²) >= 11 is 0. The number of carbonyl (C=O) groups is 8. The van der Waals surface area contributed by atoms with Gasteiger partial charge >= 0.3 is 17.9 Å². The number of Topliss-reactive ketones (excluding diaryl/α,β-unsaturated/α-hetero) is 1. The Morgan fingerprint density at radius 2 is 1.00 bits per heavy atom. The van der Waals surface area contributed by atoms with E-state index in [2.05, 4.69) is 21.3 Å². The number of rotatable bonds is 38. The van der Waals surface area contributed by atoms with E-state index in [1.165, 1.54) is 19.1 Å². The van der Waals surface area contributed by atoms with Gasteiger partial charge in [0, 0.05) is 32.4 Å². The van der Waals surface area contributed by atoms with Gasteiger partial charge in [-0.05, 0) is 56.9 Å². The molecule has 0 heterocycles. The first-order valence-corrected chi connectivity index (χ1v) is 20.1. The molecule has 0 spiro atoms. The first-order valence-electron chi connectivity index (χ1n) is 20.1. The van der Waals surface area contributed by atoms with E-state index in [-0.39, 0.29) is 127 Å². The minimum atomic E-state index is -1.24. The molecule has 1 aromatic rings. The van der Waals surface area contributed by atoms with Crippen molar-refractivity contribution in [1.82, 2.24) is 21.3 Å². The number of hydrogen-bond acceptors (Lipinski definition) is 13. The molecule has 4 amide bonds. The molecule has 0 saturated carbocycles. The molecular weight excluding hydrogens is 792 g/mol. The fourth-order valence-electron chi connectivity index (χ4n) is 5.23. The van der Waals surface area contributed by atoms with Crippen LogP contribution in [0.3, 0.4) is 0 Å². The molecule has 0 aliphatic rings. The highest BCUT2D eigenvalue weighted by molar-refractivity contribution is 5.88. The quantitative estimate of drug-likeness (QED) is 0.0464. The van der Waals surface area contributed by atoms with Crippen LogP contribution >= 0.6 is 0 Å². The SMILES string of the molecule is CC(=O)CCC(NC(=O)COCCOCCNC(=O)COCCOCCNC(=O)CCC(NC(=O)CCCCCCCCCOc1ccc(C(=O)O)cc1)C(=O)O)C(=O)O. The lowest BCUT2D eigenvalue weighted by molar-refractivity contribution is -0.143. The number of carboxylic acid groups (broad SMARTS) is 3. The predicted octanol–water partition coefficient (Wildman–Crippen LogP) is 1.47. The smallest absolute Gasteiger partial charge is 0.335 e. The average molecular weight is 855 g/mol. The number of amides is 4. The number of hydrogen-bond donors (Lipinski definition) is 7. The summed E-state index contributed by atoms with van der Waals surface area (Å²) in [4.78, 5) is 93.0. The number of carbonyl (C=O) groups excluding carboxylic acids is 5. The van der Waals surface area contributed by atoms with Crippen LogP contribution in [0.1, 0.15) is 94.3 Å². The maximum atomic E-state index is 12.3. The molecule has 20 nitrogen and oxygen atoms in total. The van der Waals surface area contributed by atoms with E-state index in [0.29, 0.717) is 18.8 Å². The number of carboxylic acids is 3. The summed E-state index contributed by atoms with van der Waals surface area (Å²) < 4.78 is 26.7. The second-order valence-electron chi connectivity index (χ2n) is 13.6. The van der Waals surface area contributed by atoms with Gasteiger partial charge in [0.1, 0.15) is 36.8 Å². The van der Waals surface area contributed by atoms with E-state index in [9.17, 15) is 43.5 Å². The molecule has 0 aliphatic heterocycles. The molecule has 0 aromatic heterocycles. The molecule has 0 saturated heterocycles. The van der Waals surface area contributed by atoms with Gasteiger partial charge in [0.25, 0.3) is 0 Å². The van der Waals surface area contributed by atoms with Crippen molar-refractivity contribution in [2.75, 3.05) is 72.6 Å².